The topological polar surface area (TPSA) is 43.6 Å². The highest BCUT2D eigenvalue weighted by molar-refractivity contribution is 6.21. The van der Waals surface area contributed by atoms with Crippen LogP contribution >= 0.6 is 0 Å². The first-order valence-corrected chi connectivity index (χ1v) is 19.2. The van der Waals surface area contributed by atoms with Crippen LogP contribution in [0.25, 0.3) is 94.7 Å². The van der Waals surface area contributed by atoms with Gasteiger partial charge in [-0.1, -0.05) is 159 Å². The van der Waals surface area contributed by atoms with Crippen molar-refractivity contribution in [1.29, 1.82) is 0 Å². The molecular weight excluding hydrogens is 681 g/mol. The van der Waals surface area contributed by atoms with E-state index in [4.69, 9.17) is 15.0 Å². The number of fused-ring (bicyclic) bond motifs is 8. The normalized spacial score (nSPS) is 13.0. The number of rotatable bonds is 5. The number of nitrogens with zero attached hydrogens (tertiary/aromatic N) is 4. The molecule has 0 bridgehead atoms. The van der Waals surface area contributed by atoms with Gasteiger partial charge in [0.2, 0.25) is 0 Å². The molecule has 1 aliphatic rings. The number of hydrogen-bond donors (Lipinski definition) is 0. The Hall–Kier alpha value is -7.17. The Morgan fingerprint density at radius 1 is 0.393 bits per heavy atom. The Kier molecular flexibility index (Phi) is 7.17. The van der Waals surface area contributed by atoms with E-state index in [1.807, 2.05) is 60.7 Å². The van der Waals surface area contributed by atoms with Gasteiger partial charge < -0.3 is 4.57 Å². The van der Waals surface area contributed by atoms with Crippen molar-refractivity contribution in [3.63, 3.8) is 0 Å². The molecule has 0 atom stereocenters. The highest BCUT2D eigenvalue weighted by Crippen LogP contribution is 2.50. The molecular formula is C52H36N4. The molecule has 0 N–H and O–H groups in total. The van der Waals surface area contributed by atoms with E-state index in [9.17, 15) is 0 Å². The van der Waals surface area contributed by atoms with Crippen molar-refractivity contribution in [2.75, 3.05) is 0 Å². The van der Waals surface area contributed by atoms with Gasteiger partial charge in [-0.2, -0.15) is 0 Å². The second-order valence-electron chi connectivity index (χ2n) is 15.3. The average molecular weight is 717 g/mol. The lowest BCUT2D eigenvalue weighted by molar-refractivity contribution is 0.660. The Morgan fingerprint density at radius 3 is 1.75 bits per heavy atom. The van der Waals surface area contributed by atoms with E-state index in [2.05, 4.69) is 140 Å². The van der Waals surface area contributed by atoms with E-state index in [-0.39, 0.29) is 5.41 Å². The second kappa shape index (κ2) is 12.4. The maximum atomic E-state index is 5.04. The first-order chi connectivity index (χ1) is 27.5. The predicted octanol–water partition coefficient (Wildman–Crippen LogP) is 13.1. The summed E-state index contributed by atoms with van der Waals surface area (Å²) in [6.07, 6.45) is 0. The third kappa shape index (κ3) is 5.03. The van der Waals surface area contributed by atoms with E-state index in [0.29, 0.717) is 17.5 Å². The van der Waals surface area contributed by atoms with E-state index >= 15 is 0 Å². The average Bonchev–Trinajstić information content (AvgIpc) is 3.72. The minimum absolute atomic E-state index is 0.0540. The molecule has 0 saturated carbocycles. The van der Waals surface area contributed by atoms with Gasteiger partial charge in [0, 0.05) is 38.6 Å². The van der Waals surface area contributed by atoms with Gasteiger partial charge >= 0.3 is 0 Å². The molecule has 0 fully saturated rings. The maximum Gasteiger partial charge on any atom is 0.164 e. The quantitative estimate of drug-likeness (QED) is 0.178. The van der Waals surface area contributed by atoms with Crippen LogP contribution in [0.4, 0.5) is 0 Å². The highest BCUT2D eigenvalue weighted by atomic mass is 15.0. The van der Waals surface area contributed by atoms with Gasteiger partial charge in [0.05, 0.1) is 11.0 Å². The lowest BCUT2D eigenvalue weighted by Gasteiger charge is -2.22. The van der Waals surface area contributed by atoms with Crippen LogP contribution in [0.1, 0.15) is 25.0 Å². The minimum atomic E-state index is -0.0540. The van der Waals surface area contributed by atoms with Gasteiger partial charge in [0.25, 0.3) is 0 Å². The van der Waals surface area contributed by atoms with Gasteiger partial charge in [-0.3, -0.25) is 0 Å². The fourth-order valence-corrected chi connectivity index (χ4v) is 8.85. The van der Waals surface area contributed by atoms with Crippen LogP contribution in [-0.2, 0) is 5.41 Å². The Bertz CT molecular complexity index is 3100. The molecule has 4 heteroatoms. The summed E-state index contributed by atoms with van der Waals surface area (Å²) < 4.78 is 2.38. The summed E-state index contributed by atoms with van der Waals surface area (Å²) in [5.41, 5.74) is 14.1. The molecule has 0 saturated heterocycles. The fourth-order valence-electron chi connectivity index (χ4n) is 8.85. The molecule has 4 nitrogen and oxygen atoms in total. The molecule has 56 heavy (non-hydrogen) atoms. The molecule has 11 rings (SSSR count). The Morgan fingerprint density at radius 2 is 0.982 bits per heavy atom. The highest BCUT2D eigenvalue weighted by Gasteiger charge is 2.35. The van der Waals surface area contributed by atoms with Crippen molar-refractivity contribution in [1.82, 2.24) is 19.5 Å². The molecule has 264 valence electrons. The number of para-hydroxylation sites is 1. The molecule has 2 aromatic heterocycles. The monoisotopic (exact) mass is 716 g/mol. The minimum Gasteiger partial charge on any atom is -0.309 e. The van der Waals surface area contributed by atoms with Crippen molar-refractivity contribution in [3.05, 3.63) is 193 Å². The summed E-state index contributed by atoms with van der Waals surface area (Å²) in [4.78, 5) is 15.0. The molecule has 2 heterocycles. The smallest absolute Gasteiger partial charge is 0.164 e. The van der Waals surface area contributed by atoms with E-state index in [0.717, 1.165) is 33.4 Å². The van der Waals surface area contributed by atoms with Crippen LogP contribution in [-0.4, -0.2) is 19.5 Å². The van der Waals surface area contributed by atoms with Crippen molar-refractivity contribution in [2.45, 2.75) is 19.3 Å². The maximum absolute atomic E-state index is 5.04. The van der Waals surface area contributed by atoms with Gasteiger partial charge in [-0.15, -0.1) is 0 Å². The molecule has 0 unspecified atom stereocenters. The zero-order valence-electron chi connectivity index (χ0n) is 31.1. The van der Waals surface area contributed by atoms with Gasteiger partial charge in [-0.05, 0) is 80.6 Å². The molecule has 0 radical (unpaired) electrons. The van der Waals surface area contributed by atoms with E-state index in [1.165, 1.54) is 54.9 Å². The SMILES string of the molecule is CC1(C)c2ccccc2-c2ccc(-c3ccc4ccc5c(c4c3)c3ccccc3n5-c3cccc(-c4nc(-c5ccccc5)nc(-c5ccccc5)n4)c3)cc21. The Labute approximate surface area is 325 Å². The number of hydrogen-bond acceptors (Lipinski definition) is 3. The van der Waals surface area contributed by atoms with Crippen molar-refractivity contribution < 1.29 is 0 Å². The molecule has 8 aromatic carbocycles. The summed E-state index contributed by atoms with van der Waals surface area (Å²) >= 11 is 0. The Balaban J connectivity index is 1.07. The molecule has 1 aliphatic carbocycles. The summed E-state index contributed by atoms with van der Waals surface area (Å²) in [6.45, 7) is 4.70. The zero-order valence-corrected chi connectivity index (χ0v) is 31.1. The van der Waals surface area contributed by atoms with Gasteiger partial charge in [-0.25, -0.2) is 15.0 Å². The van der Waals surface area contributed by atoms with Gasteiger partial charge in [0.15, 0.2) is 17.5 Å². The van der Waals surface area contributed by atoms with Crippen LogP contribution in [0.5, 0.6) is 0 Å². The molecule has 0 amide bonds. The first-order valence-electron chi connectivity index (χ1n) is 19.2. The zero-order chi connectivity index (χ0) is 37.4. The summed E-state index contributed by atoms with van der Waals surface area (Å²) in [5, 5.41) is 4.93. The van der Waals surface area contributed by atoms with Crippen molar-refractivity contribution >= 4 is 32.6 Å². The number of benzene rings is 8. The second-order valence-corrected chi connectivity index (χ2v) is 15.3. The van der Waals surface area contributed by atoms with Crippen LogP contribution in [0.15, 0.2) is 182 Å². The third-order valence-corrected chi connectivity index (χ3v) is 11.6. The number of aromatic nitrogens is 4. The summed E-state index contributed by atoms with van der Waals surface area (Å²) in [7, 11) is 0. The molecule has 0 aliphatic heterocycles. The summed E-state index contributed by atoms with van der Waals surface area (Å²) in [6, 6.07) is 64.9. The molecule has 0 spiro atoms. The van der Waals surface area contributed by atoms with Crippen molar-refractivity contribution in [3.8, 4) is 62.1 Å². The lowest BCUT2D eigenvalue weighted by atomic mass is 9.81. The van der Waals surface area contributed by atoms with Crippen LogP contribution in [0.3, 0.4) is 0 Å². The van der Waals surface area contributed by atoms with Crippen LogP contribution in [0.2, 0.25) is 0 Å². The summed E-state index contributed by atoms with van der Waals surface area (Å²) in [5.74, 6) is 1.93. The first kappa shape index (κ1) is 32.3. The molecule has 10 aromatic rings. The van der Waals surface area contributed by atoms with E-state index < -0.39 is 0 Å². The standard InChI is InChI=1S/C52H36N4/c1-52(2)44-22-11-9-20-40(44)41-28-26-37(32-45(41)52)36-25-24-33-27-29-47-48(43(33)31-36)42-21-10-12-23-46(42)56(47)39-19-13-18-38(30-39)51-54-49(34-14-5-3-6-15-34)53-50(55-51)35-16-7-4-8-17-35/h3-32H,1-2H3. The lowest BCUT2D eigenvalue weighted by Crippen LogP contribution is -2.14. The van der Waals surface area contributed by atoms with Crippen LogP contribution in [0, 0.1) is 0 Å². The third-order valence-electron chi connectivity index (χ3n) is 11.6. The van der Waals surface area contributed by atoms with E-state index in [1.54, 1.807) is 0 Å². The largest absolute Gasteiger partial charge is 0.309 e. The predicted molar refractivity (Wildman–Crippen MR) is 231 cm³/mol. The fraction of sp³-hybridized carbons (Fsp3) is 0.0577. The van der Waals surface area contributed by atoms with Crippen LogP contribution < -0.4 is 0 Å². The van der Waals surface area contributed by atoms with Crippen molar-refractivity contribution in [2.24, 2.45) is 0 Å². The van der Waals surface area contributed by atoms with Gasteiger partial charge in [0.1, 0.15) is 0 Å².